The average molecular weight is 504 g/mol. The van der Waals surface area contributed by atoms with Crippen LogP contribution in [0.4, 0.5) is 5.82 Å². The lowest BCUT2D eigenvalue weighted by atomic mass is 10.0. The molecule has 1 aliphatic rings. The summed E-state index contributed by atoms with van der Waals surface area (Å²) in [6, 6.07) is 14.6. The fourth-order valence-corrected chi connectivity index (χ4v) is 4.75. The van der Waals surface area contributed by atoms with Gasteiger partial charge in [-0.05, 0) is 37.1 Å². The number of aromatic amines is 1. The molecule has 0 amide bonds. The fourth-order valence-electron chi connectivity index (χ4n) is 4.49. The summed E-state index contributed by atoms with van der Waals surface area (Å²) in [4.78, 5) is 38.3. The second kappa shape index (κ2) is 10.9. The molecule has 0 unspecified atom stereocenters. The molecule has 0 saturated carbocycles. The van der Waals surface area contributed by atoms with E-state index in [4.69, 9.17) is 16.3 Å². The highest BCUT2D eigenvalue weighted by Crippen LogP contribution is 2.32. The number of nitrogens with one attached hydrogen (secondary N) is 2. The first-order valence-electron chi connectivity index (χ1n) is 11.9. The zero-order chi connectivity index (χ0) is 24.9. The second-order valence-corrected chi connectivity index (χ2v) is 9.16. The van der Waals surface area contributed by atoms with Gasteiger partial charge in [-0.1, -0.05) is 29.8 Å². The maximum Gasteiger partial charge on any atom is 0.196 e. The Balaban J connectivity index is 1.35. The third-order valence-corrected chi connectivity index (χ3v) is 6.68. The van der Waals surface area contributed by atoms with E-state index in [2.05, 4.69) is 25.2 Å². The van der Waals surface area contributed by atoms with Gasteiger partial charge < -0.3 is 24.7 Å². The predicted octanol–water partition coefficient (Wildman–Crippen LogP) is 5.10. The zero-order valence-electron chi connectivity index (χ0n) is 19.6. The molecular formula is C27H26ClN5O3. The van der Waals surface area contributed by atoms with Gasteiger partial charge in [0, 0.05) is 49.9 Å². The highest BCUT2D eigenvalue weighted by molar-refractivity contribution is 6.35. The van der Waals surface area contributed by atoms with Crippen molar-refractivity contribution >= 4 is 40.5 Å². The Morgan fingerprint density at radius 2 is 1.92 bits per heavy atom. The Morgan fingerprint density at radius 1 is 1.11 bits per heavy atom. The molecule has 8 nitrogen and oxygen atoms in total. The number of likely N-dealkylation sites (tertiary alicyclic amines) is 1. The predicted molar refractivity (Wildman–Crippen MR) is 139 cm³/mol. The molecule has 4 aromatic rings. The van der Waals surface area contributed by atoms with Crippen LogP contribution in [0.3, 0.4) is 0 Å². The minimum atomic E-state index is -0.223. The number of carbonyl (C=O) groups is 2. The molecule has 5 rings (SSSR count). The Bertz CT molecular complexity index is 1370. The fraction of sp³-hybridized carbons (Fsp3) is 0.259. The van der Waals surface area contributed by atoms with Gasteiger partial charge in [0.1, 0.15) is 35.6 Å². The molecule has 1 saturated heterocycles. The van der Waals surface area contributed by atoms with Gasteiger partial charge in [-0.15, -0.1) is 0 Å². The van der Waals surface area contributed by atoms with Gasteiger partial charge in [0.2, 0.25) is 0 Å². The largest absolute Gasteiger partial charge is 0.457 e. The summed E-state index contributed by atoms with van der Waals surface area (Å²) in [6.45, 7) is 2.61. The van der Waals surface area contributed by atoms with Crippen molar-refractivity contribution in [3.05, 3.63) is 77.2 Å². The van der Waals surface area contributed by atoms with Crippen molar-refractivity contribution in [1.29, 1.82) is 0 Å². The highest BCUT2D eigenvalue weighted by atomic mass is 35.5. The molecular weight excluding hydrogens is 478 g/mol. The number of benzene rings is 2. The van der Waals surface area contributed by atoms with E-state index in [0.717, 1.165) is 38.8 Å². The normalized spacial score (nSPS) is 14.6. The van der Waals surface area contributed by atoms with Crippen molar-refractivity contribution in [2.75, 3.05) is 25.0 Å². The molecule has 2 N–H and O–H groups in total. The van der Waals surface area contributed by atoms with Gasteiger partial charge in [-0.2, -0.15) is 0 Å². The van der Waals surface area contributed by atoms with Crippen molar-refractivity contribution in [1.82, 2.24) is 19.9 Å². The Hall–Kier alpha value is -3.75. The first-order chi connectivity index (χ1) is 17.6. The summed E-state index contributed by atoms with van der Waals surface area (Å²) in [7, 11) is 0. The van der Waals surface area contributed by atoms with E-state index in [-0.39, 0.29) is 11.8 Å². The lowest BCUT2D eigenvalue weighted by Crippen LogP contribution is -2.39. The second-order valence-electron chi connectivity index (χ2n) is 8.75. The SMILES string of the molecule is O=CCCN1CCC(Nc2ncnc3[nH]cc(C(=O)c4ccc(Oc5ccccc5)cc4Cl)c23)CC1. The number of hydrogen-bond donors (Lipinski definition) is 2. The standard InChI is InChI=1S/C27H26ClN5O3/c28-23-15-20(36-19-5-2-1-3-6-19)7-8-21(23)25(35)22-16-29-26-24(22)27(31-17-30-26)32-18-9-12-33(13-10-18)11-4-14-34/h1-3,5-8,14-18H,4,9-13H2,(H2,29,30,31,32). The first-order valence-corrected chi connectivity index (χ1v) is 12.3. The lowest BCUT2D eigenvalue weighted by Gasteiger charge is -2.32. The van der Waals surface area contributed by atoms with Crippen LogP contribution in [0.5, 0.6) is 11.5 Å². The molecule has 0 radical (unpaired) electrons. The monoisotopic (exact) mass is 503 g/mol. The van der Waals surface area contributed by atoms with Crippen LogP contribution in [0.2, 0.25) is 5.02 Å². The van der Waals surface area contributed by atoms with Gasteiger partial charge >= 0.3 is 0 Å². The number of aromatic nitrogens is 3. The molecule has 0 spiro atoms. The first kappa shape index (κ1) is 24.0. The third-order valence-electron chi connectivity index (χ3n) is 6.37. The molecule has 9 heteroatoms. The number of carbonyl (C=O) groups excluding carboxylic acids is 2. The lowest BCUT2D eigenvalue weighted by molar-refractivity contribution is -0.108. The summed E-state index contributed by atoms with van der Waals surface area (Å²) < 4.78 is 5.84. The van der Waals surface area contributed by atoms with E-state index in [1.165, 1.54) is 6.33 Å². The Morgan fingerprint density at radius 3 is 2.67 bits per heavy atom. The van der Waals surface area contributed by atoms with Crippen molar-refractivity contribution in [2.24, 2.45) is 0 Å². The number of rotatable bonds is 9. The Labute approximate surface area is 213 Å². The minimum absolute atomic E-state index is 0.214. The van der Waals surface area contributed by atoms with Gasteiger partial charge in [-0.3, -0.25) is 4.79 Å². The molecule has 2 aromatic carbocycles. The van der Waals surface area contributed by atoms with E-state index in [0.29, 0.717) is 50.9 Å². The molecule has 36 heavy (non-hydrogen) atoms. The summed E-state index contributed by atoms with van der Waals surface area (Å²) in [5.74, 6) is 1.63. The van der Waals surface area contributed by atoms with Crippen LogP contribution in [-0.2, 0) is 4.79 Å². The summed E-state index contributed by atoms with van der Waals surface area (Å²) >= 11 is 6.52. The highest BCUT2D eigenvalue weighted by Gasteiger charge is 2.24. The number of fused-ring (bicyclic) bond motifs is 1. The average Bonchev–Trinajstić information content (AvgIpc) is 3.34. The van der Waals surface area contributed by atoms with Crippen molar-refractivity contribution in [2.45, 2.75) is 25.3 Å². The molecule has 1 fully saturated rings. The van der Waals surface area contributed by atoms with Crippen LogP contribution < -0.4 is 10.1 Å². The number of anilines is 1. The quantitative estimate of drug-likeness (QED) is 0.242. The zero-order valence-corrected chi connectivity index (χ0v) is 20.4. The molecule has 0 atom stereocenters. The number of halogens is 1. The van der Waals surface area contributed by atoms with Gasteiger partial charge in [0.15, 0.2) is 5.78 Å². The van der Waals surface area contributed by atoms with Crippen LogP contribution in [-0.4, -0.2) is 57.6 Å². The van der Waals surface area contributed by atoms with Crippen LogP contribution in [0.25, 0.3) is 11.0 Å². The third kappa shape index (κ3) is 5.24. The molecule has 2 aromatic heterocycles. The van der Waals surface area contributed by atoms with Crippen molar-refractivity contribution < 1.29 is 14.3 Å². The number of nitrogens with zero attached hydrogens (tertiary/aromatic N) is 3. The molecule has 0 bridgehead atoms. The number of ether oxygens (including phenoxy) is 1. The van der Waals surface area contributed by atoms with E-state index in [1.807, 2.05) is 30.3 Å². The van der Waals surface area contributed by atoms with Crippen LogP contribution in [0, 0.1) is 0 Å². The summed E-state index contributed by atoms with van der Waals surface area (Å²) in [6.07, 6.45) is 6.50. The number of hydrogen-bond acceptors (Lipinski definition) is 7. The number of H-pyrrole nitrogens is 1. The van der Waals surface area contributed by atoms with Gasteiger partial charge in [0.05, 0.1) is 16.0 Å². The number of piperidine rings is 1. The van der Waals surface area contributed by atoms with Gasteiger partial charge in [-0.25, -0.2) is 9.97 Å². The minimum Gasteiger partial charge on any atom is -0.457 e. The molecule has 0 aliphatic carbocycles. The van der Waals surface area contributed by atoms with E-state index in [1.54, 1.807) is 24.4 Å². The van der Waals surface area contributed by atoms with Crippen LogP contribution >= 0.6 is 11.6 Å². The number of aldehydes is 1. The maximum absolute atomic E-state index is 13.5. The van der Waals surface area contributed by atoms with Crippen molar-refractivity contribution in [3.63, 3.8) is 0 Å². The number of para-hydroxylation sites is 1. The van der Waals surface area contributed by atoms with Crippen LogP contribution in [0.1, 0.15) is 35.2 Å². The van der Waals surface area contributed by atoms with Crippen molar-refractivity contribution in [3.8, 4) is 11.5 Å². The van der Waals surface area contributed by atoms with Crippen LogP contribution in [0.15, 0.2) is 61.1 Å². The molecule has 1 aliphatic heterocycles. The van der Waals surface area contributed by atoms with Gasteiger partial charge in [0.25, 0.3) is 0 Å². The smallest absolute Gasteiger partial charge is 0.196 e. The molecule has 3 heterocycles. The summed E-state index contributed by atoms with van der Waals surface area (Å²) in [5.41, 5.74) is 1.41. The Kier molecular flexibility index (Phi) is 7.25. The topological polar surface area (TPSA) is 100 Å². The van der Waals surface area contributed by atoms with E-state index in [9.17, 15) is 9.59 Å². The summed E-state index contributed by atoms with van der Waals surface area (Å²) in [5, 5.41) is 4.46. The molecule has 184 valence electrons. The number of ketones is 1. The van der Waals surface area contributed by atoms with E-state index < -0.39 is 0 Å². The van der Waals surface area contributed by atoms with E-state index >= 15 is 0 Å². The maximum atomic E-state index is 13.5.